The summed E-state index contributed by atoms with van der Waals surface area (Å²) >= 11 is 1.79. The van der Waals surface area contributed by atoms with Crippen molar-refractivity contribution in [3.8, 4) is 5.75 Å². The average Bonchev–Trinajstić information content (AvgIpc) is 3.19. The summed E-state index contributed by atoms with van der Waals surface area (Å²) in [7, 11) is 1.70. The van der Waals surface area contributed by atoms with Crippen LogP contribution < -0.4 is 4.74 Å². The first-order valence-electron chi connectivity index (χ1n) is 7.10. The number of hydrogen-bond donors (Lipinski definition) is 0. The predicted octanol–water partition coefficient (Wildman–Crippen LogP) is 3.94. The number of fused-ring (bicyclic) bond motifs is 2. The van der Waals surface area contributed by atoms with Crippen LogP contribution in [-0.4, -0.2) is 30.3 Å². The third-order valence-corrected chi connectivity index (χ3v) is 5.16. The van der Waals surface area contributed by atoms with Crippen LogP contribution in [0, 0.1) is 0 Å². The zero-order chi connectivity index (χ0) is 14.4. The molecule has 0 amide bonds. The van der Waals surface area contributed by atoms with Gasteiger partial charge in [0.1, 0.15) is 11.3 Å². The Morgan fingerprint density at radius 3 is 3.14 bits per heavy atom. The molecule has 2 aliphatic rings. The lowest BCUT2D eigenvalue weighted by Crippen LogP contribution is -2.20. The molecule has 108 valence electrons. The molecular weight excluding hydrogens is 284 g/mol. The molecule has 2 aromatic rings. The minimum atomic E-state index is 0.855. The van der Waals surface area contributed by atoms with Gasteiger partial charge in [0.2, 0.25) is 0 Å². The Labute approximate surface area is 127 Å². The van der Waals surface area contributed by atoms with Crippen LogP contribution in [0.1, 0.15) is 18.9 Å². The number of rotatable bonds is 3. The molecule has 0 spiro atoms. The zero-order valence-corrected chi connectivity index (χ0v) is 12.9. The van der Waals surface area contributed by atoms with Crippen LogP contribution in [0.15, 0.2) is 38.8 Å². The predicted molar refractivity (Wildman–Crippen MR) is 86.6 cm³/mol. The van der Waals surface area contributed by atoms with Gasteiger partial charge in [0.05, 0.1) is 31.0 Å². The monoisotopic (exact) mass is 300 g/mol. The summed E-state index contributed by atoms with van der Waals surface area (Å²) in [5.41, 5.74) is 3.27. The molecular formula is C16H16N2O2S. The number of thioether (sulfide) groups is 1. The fourth-order valence-corrected chi connectivity index (χ4v) is 4.07. The van der Waals surface area contributed by atoms with E-state index in [-0.39, 0.29) is 0 Å². The van der Waals surface area contributed by atoms with Crippen LogP contribution in [-0.2, 0) is 0 Å². The van der Waals surface area contributed by atoms with E-state index < -0.39 is 0 Å². The van der Waals surface area contributed by atoms with Gasteiger partial charge in [0.15, 0.2) is 5.17 Å². The van der Waals surface area contributed by atoms with Gasteiger partial charge in [-0.25, -0.2) is 0 Å². The zero-order valence-electron chi connectivity index (χ0n) is 12.0. The van der Waals surface area contributed by atoms with E-state index in [0.29, 0.717) is 0 Å². The Morgan fingerprint density at radius 1 is 1.43 bits per heavy atom. The summed E-state index contributed by atoms with van der Waals surface area (Å²) < 4.78 is 11.1. The Bertz CT molecular complexity index is 776. The van der Waals surface area contributed by atoms with Crippen molar-refractivity contribution >= 4 is 33.6 Å². The lowest BCUT2D eigenvalue weighted by Gasteiger charge is -2.18. The van der Waals surface area contributed by atoms with Crippen molar-refractivity contribution < 1.29 is 9.15 Å². The van der Waals surface area contributed by atoms with Gasteiger partial charge in [-0.1, -0.05) is 18.7 Å². The van der Waals surface area contributed by atoms with Crippen LogP contribution in [0.2, 0.25) is 0 Å². The molecule has 0 fully saturated rings. The molecule has 4 nitrogen and oxygen atoms in total. The molecule has 1 aromatic heterocycles. The van der Waals surface area contributed by atoms with Crippen LogP contribution >= 0.6 is 11.8 Å². The fraction of sp³-hybridized carbons (Fsp3) is 0.312. The van der Waals surface area contributed by atoms with Crippen molar-refractivity contribution in [3.05, 3.63) is 34.9 Å². The van der Waals surface area contributed by atoms with Gasteiger partial charge in [0.25, 0.3) is 0 Å². The standard InChI is InChI=1S/C16H16N2O2S/c1-3-14-15(18-6-5-17-16(18)21-14)10-8-12(19-2)11-4-7-20-13(11)9-10/h4,7-9H,3,5-6H2,1-2H3. The van der Waals surface area contributed by atoms with Crippen molar-refractivity contribution in [1.29, 1.82) is 0 Å². The SMILES string of the molecule is CCC1=C(c2cc(OC)c3ccoc3c2)N2CCN=C2S1. The summed E-state index contributed by atoms with van der Waals surface area (Å²) in [6.07, 6.45) is 2.71. The van der Waals surface area contributed by atoms with Crippen molar-refractivity contribution in [1.82, 2.24) is 4.90 Å². The van der Waals surface area contributed by atoms with E-state index in [9.17, 15) is 0 Å². The summed E-state index contributed by atoms with van der Waals surface area (Å²) in [5.74, 6) is 0.855. The maximum atomic E-state index is 5.58. The molecule has 21 heavy (non-hydrogen) atoms. The highest BCUT2D eigenvalue weighted by atomic mass is 32.2. The maximum Gasteiger partial charge on any atom is 0.168 e. The van der Waals surface area contributed by atoms with Gasteiger partial charge in [-0.15, -0.1) is 0 Å². The quantitative estimate of drug-likeness (QED) is 0.860. The normalized spacial score (nSPS) is 17.6. The highest BCUT2D eigenvalue weighted by Crippen LogP contribution is 2.44. The van der Waals surface area contributed by atoms with Gasteiger partial charge in [-0.3, -0.25) is 4.99 Å². The molecule has 5 heteroatoms. The van der Waals surface area contributed by atoms with Crippen LogP contribution in [0.3, 0.4) is 0 Å². The Hall–Kier alpha value is -1.88. The minimum absolute atomic E-state index is 0.855. The van der Waals surface area contributed by atoms with Crippen molar-refractivity contribution in [2.24, 2.45) is 4.99 Å². The smallest absolute Gasteiger partial charge is 0.168 e. The Kier molecular flexibility index (Phi) is 2.96. The summed E-state index contributed by atoms with van der Waals surface area (Å²) in [6.45, 7) is 4.02. The second-order valence-corrected chi connectivity index (χ2v) is 6.12. The lowest BCUT2D eigenvalue weighted by atomic mass is 10.1. The molecule has 0 unspecified atom stereocenters. The highest BCUT2D eigenvalue weighted by Gasteiger charge is 2.32. The Balaban J connectivity index is 1.90. The van der Waals surface area contributed by atoms with E-state index in [1.54, 1.807) is 25.1 Å². The summed E-state index contributed by atoms with van der Waals surface area (Å²) in [4.78, 5) is 8.25. The maximum absolute atomic E-state index is 5.58. The lowest BCUT2D eigenvalue weighted by molar-refractivity contribution is 0.419. The van der Waals surface area contributed by atoms with E-state index in [4.69, 9.17) is 9.15 Å². The number of aliphatic imine (C=N–C) groups is 1. The Morgan fingerprint density at radius 2 is 2.33 bits per heavy atom. The van der Waals surface area contributed by atoms with E-state index >= 15 is 0 Å². The second-order valence-electron chi connectivity index (χ2n) is 5.05. The van der Waals surface area contributed by atoms with E-state index in [1.165, 1.54) is 10.6 Å². The molecule has 0 atom stereocenters. The molecule has 4 rings (SSSR count). The average molecular weight is 300 g/mol. The first-order chi connectivity index (χ1) is 10.3. The van der Waals surface area contributed by atoms with Gasteiger partial charge in [-0.2, -0.15) is 0 Å². The minimum Gasteiger partial charge on any atom is -0.496 e. The van der Waals surface area contributed by atoms with Crippen LogP contribution in [0.25, 0.3) is 16.7 Å². The van der Waals surface area contributed by atoms with Gasteiger partial charge in [-0.05, 0) is 24.6 Å². The van der Waals surface area contributed by atoms with Crippen molar-refractivity contribution in [3.63, 3.8) is 0 Å². The summed E-state index contributed by atoms with van der Waals surface area (Å²) in [6, 6.07) is 6.15. The molecule has 0 saturated heterocycles. The van der Waals surface area contributed by atoms with Gasteiger partial charge < -0.3 is 14.1 Å². The first kappa shape index (κ1) is 12.8. The first-order valence-corrected chi connectivity index (χ1v) is 7.92. The van der Waals surface area contributed by atoms with Crippen molar-refractivity contribution in [2.45, 2.75) is 13.3 Å². The fourth-order valence-electron chi connectivity index (χ4n) is 2.93. The summed E-state index contributed by atoms with van der Waals surface area (Å²) in [5, 5.41) is 2.14. The molecule has 0 saturated carbocycles. The number of ether oxygens (including phenoxy) is 1. The molecule has 2 aliphatic heterocycles. The number of allylic oxidation sites excluding steroid dienone is 1. The second kappa shape index (κ2) is 4.84. The van der Waals surface area contributed by atoms with E-state index in [1.807, 2.05) is 6.07 Å². The number of benzene rings is 1. The third-order valence-electron chi connectivity index (χ3n) is 3.90. The largest absolute Gasteiger partial charge is 0.496 e. The van der Waals surface area contributed by atoms with Gasteiger partial charge >= 0.3 is 0 Å². The van der Waals surface area contributed by atoms with E-state index in [2.05, 4.69) is 28.9 Å². The third kappa shape index (κ3) is 1.87. The number of furan rings is 1. The topological polar surface area (TPSA) is 38.0 Å². The van der Waals surface area contributed by atoms with E-state index in [0.717, 1.165) is 47.0 Å². The molecule has 0 N–H and O–H groups in total. The molecule has 1 aromatic carbocycles. The molecule has 0 bridgehead atoms. The number of methoxy groups -OCH3 is 1. The highest BCUT2D eigenvalue weighted by molar-refractivity contribution is 8.17. The molecule has 0 radical (unpaired) electrons. The van der Waals surface area contributed by atoms with Crippen LogP contribution in [0.4, 0.5) is 0 Å². The van der Waals surface area contributed by atoms with Crippen LogP contribution in [0.5, 0.6) is 5.75 Å². The number of hydrogen-bond acceptors (Lipinski definition) is 5. The number of amidine groups is 1. The van der Waals surface area contributed by atoms with Gasteiger partial charge in [0, 0.05) is 17.0 Å². The van der Waals surface area contributed by atoms with Crippen molar-refractivity contribution in [2.75, 3.05) is 20.2 Å². The molecule has 0 aliphatic carbocycles. The number of nitrogens with zero attached hydrogens (tertiary/aromatic N) is 2. The molecule has 3 heterocycles.